The zero-order valence-electron chi connectivity index (χ0n) is 30.7. The smallest absolute Gasteiger partial charge is 0.228 e. The fraction of sp³-hybridized carbons (Fsp3) is 0. The van der Waals surface area contributed by atoms with E-state index in [0.29, 0.717) is 5.89 Å². The molecule has 10 aromatic carbocycles. The van der Waals surface area contributed by atoms with E-state index in [1.54, 1.807) is 0 Å². The first-order valence-electron chi connectivity index (χ1n) is 19.3. The highest BCUT2D eigenvalue weighted by Gasteiger charge is 2.21. The summed E-state index contributed by atoms with van der Waals surface area (Å²) < 4.78 is 13.1. The molecule has 2 aromatic heterocycles. The number of aromatic nitrogens is 1. The minimum atomic E-state index is 0.577. The second-order valence-corrected chi connectivity index (χ2v) is 14.7. The van der Waals surface area contributed by atoms with Crippen LogP contribution in [0.3, 0.4) is 0 Å². The van der Waals surface area contributed by atoms with Crippen LogP contribution in [0.1, 0.15) is 0 Å². The number of anilines is 3. The Bertz CT molecular complexity index is 3490. The molecule has 12 aromatic rings. The lowest BCUT2D eigenvalue weighted by atomic mass is 9.96. The third kappa shape index (κ3) is 5.04. The Balaban J connectivity index is 1.06. The highest BCUT2D eigenvalue weighted by atomic mass is 16.3. The average molecular weight is 729 g/mol. The molecule has 0 spiro atoms. The van der Waals surface area contributed by atoms with Crippen LogP contribution in [0, 0.1) is 0 Å². The predicted octanol–water partition coefficient (Wildman–Crippen LogP) is 15.1. The van der Waals surface area contributed by atoms with Crippen molar-refractivity contribution in [2.45, 2.75) is 0 Å². The first-order valence-corrected chi connectivity index (χ1v) is 19.3. The summed E-state index contributed by atoms with van der Waals surface area (Å²) in [4.78, 5) is 7.34. The van der Waals surface area contributed by atoms with Crippen LogP contribution >= 0.6 is 0 Å². The Hall–Kier alpha value is -7.69. The van der Waals surface area contributed by atoms with Crippen molar-refractivity contribution in [3.05, 3.63) is 194 Å². The van der Waals surface area contributed by atoms with Crippen molar-refractivity contribution in [1.82, 2.24) is 4.98 Å². The molecule has 266 valence electrons. The van der Waals surface area contributed by atoms with Crippen LogP contribution in [0.2, 0.25) is 0 Å². The maximum absolute atomic E-state index is 6.70. The van der Waals surface area contributed by atoms with Gasteiger partial charge in [-0.15, -0.1) is 0 Å². The number of nitrogens with zero attached hydrogens (tertiary/aromatic N) is 2. The van der Waals surface area contributed by atoms with Gasteiger partial charge >= 0.3 is 0 Å². The lowest BCUT2D eigenvalue weighted by Gasteiger charge is -2.27. The van der Waals surface area contributed by atoms with E-state index in [9.17, 15) is 0 Å². The lowest BCUT2D eigenvalue weighted by Crippen LogP contribution is -2.10. The number of benzene rings is 10. The van der Waals surface area contributed by atoms with E-state index in [0.717, 1.165) is 72.0 Å². The largest absolute Gasteiger partial charge is 0.456 e. The number of oxazole rings is 1. The summed E-state index contributed by atoms with van der Waals surface area (Å²) >= 11 is 0. The van der Waals surface area contributed by atoms with Crippen LogP contribution in [-0.4, -0.2) is 4.98 Å². The molecule has 57 heavy (non-hydrogen) atoms. The fourth-order valence-electron chi connectivity index (χ4n) is 8.78. The molecule has 0 bridgehead atoms. The summed E-state index contributed by atoms with van der Waals surface area (Å²) in [7, 11) is 0. The topological polar surface area (TPSA) is 42.4 Å². The molecular weight excluding hydrogens is 697 g/mol. The van der Waals surface area contributed by atoms with Gasteiger partial charge in [-0.2, -0.15) is 0 Å². The van der Waals surface area contributed by atoms with Crippen molar-refractivity contribution in [3.8, 4) is 22.6 Å². The minimum Gasteiger partial charge on any atom is -0.456 e. The molecule has 0 aliphatic rings. The Morgan fingerprint density at radius 2 is 1.04 bits per heavy atom. The van der Waals surface area contributed by atoms with Crippen molar-refractivity contribution in [2.24, 2.45) is 0 Å². The van der Waals surface area contributed by atoms with Crippen LogP contribution in [0.25, 0.3) is 98.7 Å². The van der Waals surface area contributed by atoms with Gasteiger partial charge in [0.2, 0.25) is 5.89 Å². The molecule has 0 radical (unpaired) electrons. The van der Waals surface area contributed by atoms with Gasteiger partial charge in [-0.05, 0) is 103 Å². The van der Waals surface area contributed by atoms with Gasteiger partial charge in [-0.1, -0.05) is 133 Å². The highest BCUT2D eigenvalue weighted by molar-refractivity contribution is 6.20. The van der Waals surface area contributed by atoms with Crippen molar-refractivity contribution < 1.29 is 8.83 Å². The Morgan fingerprint density at radius 1 is 0.368 bits per heavy atom. The summed E-state index contributed by atoms with van der Waals surface area (Å²) in [6.07, 6.45) is 0. The summed E-state index contributed by atoms with van der Waals surface area (Å²) in [5, 5.41) is 11.6. The van der Waals surface area contributed by atoms with Crippen molar-refractivity contribution in [2.75, 3.05) is 4.90 Å². The molecule has 4 heteroatoms. The van der Waals surface area contributed by atoms with Gasteiger partial charge in [0.1, 0.15) is 16.7 Å². The molecule has 0 unspecified atom stereocenters. The quantitative estimate of drug-likeness (QED) is 0.166. The molecule has 0 saturated carbocycles. The van der Waals surface area contributed by atoms with E-state index in [-0.39, 0.29) is 0 Å². The second kappa shape index (κ2) is 12.4. The number of rotatable bonds is 5. The summed E-state index contributed by atoms with van der Waals surface area (Å²) in [6.45, 7) is 0. The molecular formula is C53H32N2O2. The lowest BCUT2D eigenvalue weighted by molar-refractivity contribution is 0.620. The summed E-state index contributed by atoms with van der Waals surface area (Å²) in [6, 6.07) is 68.8. The van der Waals surface area contributed by atoms with Crippen LogP contribution in [0.15, 0.2) is 203 Å². The molecule has 4 nitrogen and oxygen atoms in total. The van der Waals surface area contributed by atoms with Crippen molar-refractivity contribution in [1.29, 1.82) is 0 Å². The molecule has 0 amide bonds. The van der Waals surface area contributed by atoms with E-state index < -0.39 is 0 Å². The monoisotopic (exact) mass is 728 g/mol. The number of furan rings is 1. The standard InChI is InChI=1S/C53H32N2O2/c1-2-11-33(12-3-1)35-16-8-17-38(29-35)55(48-21-9-19-41-43-25-23-34-13-6-7-18-40(34)42(43)27-28-44(41)48)39-24-26-45-50(32-39)56-49-22-10-20-46(52(45)49)53-54-47-30-36-14-4-5-15-37(36)31-51(47)57-53/h1-32H. The van der Waals surface area contributed by atoms with Gasteiger partial charge in [0, 0.05) is 39.2 Å². The van der Waals surface area contributed by atoms with E-state index in [1.807, 2.05) is 24.3 Å². The molecule has 0 saturated heterocycles. The Labute approximate surface area is 327 Å². The average Bonchev–Trinajstić information content (AvgIpc) is 3.87. The van der Waals surface area contributed by atoms with Gasteiger partial charge in [0.15, 0.2) is 5.58 Å². The molecule has 0 N–H and O–H groups in total. The van der Waals surface area contributed by atoms with Gasteiger partial charge in [0.05, 0.1) is 5.69 Å². The van der Waals surface area contributed by atoms with Gasteiger partial charge < -0.3 is 13.7 Å². The second-order valence-electron chi connectivity index (χ2n) is 14.7. The molecule has 0 aliphatic heterocycles. The number of fused-ring (bicyclic) bond motifs is 10. The van der Waals surface area contributed by atoms with Crippen LogP contribution in [0.4, 0.5) is 17.1 Å². The number of hydrogen-bond acceptors (Lipinski definition) is 4. The van der Waals surface area contributed by atoms with E-state index in [2.05, 4.69) is 175 Å². The van der Waals surface area contributed by atoms with Crippen LogP contribution in [-0.2, 0) is 0 Å². The predicted molar refractivity (Wildman–Crippen MR) is 237 cm³/mol. The zero-order valence-corrected chi connectivity index (χ0v) is 30.7. The first-order chi connectivity index (χ1) is 28.2. The fourth-order valence-corrected chi connectivity index (χ4v) is 8.78. The molecule has 12 rings (SSSR count). The Morgan fingerprint density at radius 3 is 1.95 bits per heavy atom. The number of hydrogen-bond donors (Lipinski definition) is 0. The maximum Gasteiger partial charge on any atom is 0.228 e. The van der Waals surface area contributed by atoms with E-state index >= 15 is 0 Å². The minimum absolute atomic E-state index is 0.577. The van der Waals surface area contributed by atoms with Gasteiger partial charge in [-0.3, -0.25) is 0 Å². The van der Waals surface area contributed by atoms with Gasteiger partial charge in [-0.25, -0.2) is 4.98 Å². The van der Waals surface area contributed by atoms with Crippen LogP contribution < -0.4 is 4.90 Å². The molecule has 0 fully saturated rings. The first kappa shape index (κ1) is 31.6. The molecule has 0 atom stereocenters. The zero-order chi connectivity index (χ0) is 37.5. The maximum atomic E-state index is 6.70. The molecule has 2 heterocycles. The Kier molecular flexibility index (Phi) is 6.89. The third-order valence-electron chi connectivity index (χ3n) is 11.4. The normalized spacial score (nSPS) is 11.9. The van der Waals surface area contributed by atoms with Gasteiger partial charge in [0.25, 0.3) is 0 Å². The molecule has 0 aliphatic carbocycles. The third-order valence-corrected chi connectivity index (χ3v) is 11.4. The van der Waals surface area contributed by atoms with E-state index in [1.165, 1.54) is 37.9 Å². The summed E-state index contributed by atoms with van der Waals surface area (Å²) in [5.41, 5.74) is 9.53. The van der Waals surface area contributed by atoms with Crippen molar-refractivity contribution >= 4 is 93.2 Å². The summed E-state index contributed by atoms with van der Waals surface area (Å²) in [5.74, 6) is 0.577. The highest BCUT2D eigenvalue weighted by Crippen LogP contribution is 2.45. The van der Waals surface area contributed by atoms with Crippen molar-refractivity contribution in [3.63, 3.8) is 0 Å². The van der Waals surface area contributed by atoms with Crippen LogP contribution in [0.5, 0.6) is 0 Å². The van der Waals surface area contributed by atoms with E-state index in [4.69, 9.17) is 13.8 Å². The SMILES string of the molecule is c1ccc(-c2cccc(N(c3ccc4c(c3)oc3cccc(-c5nc6cc7ccccc7cc6o5)c34)c3cccc4c3ccc3c5ccccc5ccc43)c2)cc1.